The molecule has 0 aliphatic carbocycles. The lowest BCUT2D eigenvalue weighted by molar-refractivity contribution is 0.548. The molecular weight excluding hydrogens is 118 g/mol. The van der Waals surface area contributed by atoms with Crippen molar-refractivity contribution in [3.8, 4) is 6.07 Å². The first-order chi connectivity index (χ1) is 3.56. The van der Waals surface area contributed by atoms with Crippen LogP contribution in [-0.4, -0.2) is 13.1 Å². The zero-order valence-electron chi connectivity index (χ0n) is 5.31. The third kappa shape index (κ3) is 5.67. The average Bonchev–Trinajstić information content (AvgIpc) is 1.59. The molecule has 0 amide bonds. The van der Waals surface area contributed by atoms with Crippen molar-refractivity contribution in [2.24, 2.45) is 0 Å². The van der Waals surface area contributed by atoms with Crippen LogP contribution in [0.15, 0.2) is 0 Å². The molecule has 0 aliphatic heterocycles. The predicted molar refractivity (Wildman–Crippen MR) is 34.7 cm³/mol. The summed E-state index contributed by atoms with van der Waals surface area (Å²) < 4.78 is 0. The third-order valence-electron chi connectivity index (χ3n) is 0.849. The molecule has 3 heteroatoms. The van der Waals surface area contributed by atoms with Crippen LogP contribution in [0.3, 0.4) is 0 Å². The third-order valence-corrected chi connectivity index (χ3v) is 2.32. The molecular formula is C5H11NOSi. The van der Waals surface area contributed by atoms with Gasteiger partial charge in [-0.05, 0) is 19.1 Å². The van der Waals surface area contributed by atoms with E-state index in [9.17, 15) is 0 Å². The quantitative estimate of drug-likeness (QED) is 0.567. The van der Waals surface area contributed by atoms with Gasteiger partial charge in [0.15, 0.2) is 8.32 Å². The van der Waals surface area contributed by atoms with Crippen LogP contribution in [0, 0.1) is 11.3 Å². The van der Waals surface area contributed by atoms with E-state index in [1.807, 2.05) is 19.2 Å². The van der Waals surface area contributed by atoms with Gasteiger partial charge in [0.1, 0.15) is 0 Å². The SMILES string of the molecule is C[Si](C)(O)CCC#N. The maximum Gasteiger partial charge on any atom is 0.183 e. The molecule has 0 fully saturated rings. The van der Waals surface area contributed by atoms with E-state index in [1.54, 1.807) is 0 Å². The first kappa shape index (κ1) is 7.67. The Labute approximate surface area is 50.9 Å². The van der Waals surface area contributed by atoms with Gasteiger partial charge in [-0.25, -0.2) is 0 Å². The van der Waals surface area contributed by atoms with E-state index in [0.29, 0.717) is 12.5 Å². The predicted octanol–water partition coefficient (Wildman–Crippen LogP) is 1.10. The summed E-state index contributed by atoms with van der Waals surface area (Å²) in [6, 6.07) is 2.70. The smallest absolute Gasteiger partial charge is 0.183 e. The molecule has 0 bridgehead atoms. The van der Waals surface area contributed by atoms with Gasteiger partial charge < -0.3 is 4.80 Å². The van der Waals surface area contributed by atoms with Gasteiger partial charge in [-0.2, -0.15) is 5.26 Å². The highest BCUT2D eigenvalue weighted by Crippen LogP contribution is 2.05. The Morgan fingerprint density at radius 2 is 2.12 bits per heavy atom. The Bertz CT molecular complexity index is 100.0. The van der Waals surface area contributed by atoms with Crippen molar-refractivity contribution in [1.82, 2.24) is 0 Å². The maximum atomic E-state index is 9.14. The van der Waals surface area contributed by atoms with Crippen molar-refractivity contribution in [3.05, 3.63) is 0 Å². The highest BCUT2D eigenvalue weighted by atomic mass is 28.4. The van der Waals surface area contributed by atoms with Crippen LogP contribution < -0.4 is 0 Å². The van der Waals surface area contributed by atoms with Crippen LogP contribution in [0.5, 0.6) is 0 Å². The molecule has 0 saturated heterocycles. The molecule has 46 valence electrons. The molecule has 8 heavy (non-hydrogen) atoms. The second-order valence-electron chi connectivity index (χ2n) is 2.47. The second-order valence-corrected chi connectivity index (χ2v) is 6.60. The number of nitrogens with zero attached hydrogens (tertiary/aromatic N) is 1. The van der Waals surface area contributed by atoms with Gasteiger partial charge in [-0.3, -0.25) is 0 Å². The van der Waals surface area contributed by atoms with Crippen molar-refractivity contribution >= 4 is 8.32 Å². The summed E-state index contributed by atoms with van der Waals surface area (Å²) in [6.07, 6.45) is 0.496. The van der Waals surface area contributed by atoms with Gasteiger partial charge in [0.2, 0.25) is 0 Å². The summed E-state index contributed by atoms with van der Waals surface area (Å²) >= 11 is 0. The summed E-state index contributed by atoms with van der Waals surface area (Å²) in [7, 11) is -1.90. The normalized spacial score (nSPS) is 10.8. The molecule has 0 rings (SSSR count). The van der Waals surface area contributed by atoms with Crippen LogP contribution in [0.2, 0.25) is 19.1 Å². The zero-order chi connectivity index (χ0) is 6.62. The van der Waals surface area contributed by atoms with Crippen molar-refractivity contribution in [3.63, 3.8) is 0 Å². The number of rotatable bonds is 2. The maximum absolute atomic E-state index is 9.14. The van der Waals surface area contributed by atoms with E-state index in [0.717, 1.165) is 0 Å². The van der Waals surface area contributed by atoms with Crippen molar-refractivity contribution in [2.45, 2.75) is 25.6 Å². The monoisotopic (exact) mass is 129 g/mol. The molecule has 0 unspecified atom stereocenters. The minimum Gasteiger partial charge on any atom is -0.432 e. The highest BCUT2D eigenvalue weighted by molar-refractivity contribution is 6.69. The zero-order valence-corrected chi connectivity index (χ0v) is 6.31. The fourth-order valence-electron chi connectivity index (χ4n) is 0.362. The van der Waals surface area contributed by atoms with E-state index in [2.05, 4.69) is 0 Å². The molecule has 2 nitrogen and oxygen atoms in total. The lowest BCUT2D eigenvalue weighted by atomic mass is 10.6. The lowest BCUT2D eigenvalue weighted by Crippen LogP contribution is -2.23. The molecule has 0 aliphatic rings. The summed E-state index contributed by atoms with van der Waals surface area (Å²) in [5, 5.41) is 8.09. The van der Waals surface area contributed by atoms with Crippen LogP contribution >= 0.6 is 0 Å². The Balaban J connectivity index is 3.28. The topological polar surface area (TPSA) is 44.0 Å². The van der Waals surface area contributed by atoms with Crippen LogP contribution in [0.25, 0.3) is 0 Å². The molecule has 0 heterocycles. The van der Waals surface area contributed by atoms with Crippen LogP contribution in [0.1, 0.15) is 6.42 Å². The summed E-state index contributed by atoms with van der Waals surface area (Å²) in [5.74, 6) is 0. The highest BCUT2D eigenvalue weighted by Gasteiger charge is 2.14. The van der Waals surface area contributed by atoms with E-state index in [4.69, 9.17) is 10.1 Å². The molecule has 0 spiro atoms. The number of hydrogen-bond donors (Lipinski definition) is 1. The molecule has 0 saturated carbocycles. The molecule has 0 radical (unpaired) electrons. The first-order valence-electron chi connectivity index (χ1n) is 2.65. The van der Waals surface area contributed by atoms with Gasteiger partial charge in [-0.1, -0.05) is 0 Å². The van der Waals surface area contributed by atoms with E-state index < -0.39 is 8.32 Å². The largest absolute Gasteiger partial charge is 0.432 e. The minimum atomic E-state index is -1.90. The second kappa shape index (κ2) is 2.85. The van der Waals surface area contributed by atoms with E-state index in [1.165, 1.54) is 0 Å². The standard InChI is InChI=1S/C5H11NOSi/c1-8(2,7)5-3-4-6/h7H,3,5H2,1-2H3. The van der Waals surface area contributed by atoms with E-state index in [-0.39, 0.29) is 0 Å². The van der Waals surface area contributed by atoms with Crippen molar-refractivity contribution < 1.29 is 4.80 Å². The summed E-state index contributed by atoms with van der Waals surface area (Å²) in [4.78, 5) is 9.14. The average molecular weight is 129 g/mol. The Hall–Kier alpha value is -0.333. The molecule has 1 N–H and O–H groups in total. The van der Waals surface area contributed by atoms with Gasteiger partial charge >= 0.3 is 0 Å². The Morgan fingerprint density at radius 3 is 2.25 bits per heavy atom. The van der Waals surface area contributed by atoms with Gasteiger partial charge in [0, 0.05) is 6.42 Å². The van der Waals surface area contributed by atoms with Crippen LogP contribution in [0.4, 0.5) is 0 Å². The fourth-order valence-corrected chi connectivity index (χ4v) is 1.09. The van der Waals surface area contributed by atoms with Crippen LogP contribution in [-0.2, 0) is 0 Å². The van der Waals surface area contributed by atoms with Crippen molar-refractivity contribution in [1.29, 1.82) is 5.26 Å². The minimum absolute atomic E-state index is 0.496. The lowest BCUT2D eigenvalue weighted by Gasteiger charge is -2.09. The van der Waals surface area contributed by atoms with E-state index >= 15 is 0 Å². The number of nitriles is 1. The summed E-state index contributed by atoms with van der Waals surface area (Å²) in [6.45, 7) is 3.68. The fraction of sp³-hybridized carbons (Fsp3) is 0.800. The molecule has 0 aromatic carbocycles. The Morgan fingerprint density at radius 1 is 1.62 bits per heavy atom. The number of hydrogen-bond acceptors (Lipinski definition) is 2. The van der Waals surface area contributed by atoms with Gasteiger partial charge in [0.05, 0.1) is 6.07 Å². The van der Waals surface area contributed by atoms with Gasteiger partial charge in [0.25, 0.3) is 0 Å². The molecule has 0 aromatic heterocycles. The first-order valence-corrected chi connectivity index (χ1v) is 5.81. The molecule has 0 atom stereocenters. The van der Waals surface area contributed by atoms with Crippen molar-refractivity contribution in [2.75, 3.05) is 0 Å². The summed E-state index contributed by atoms with van der Waals surface area (Å²) in [5.41, 5.74) is 0. The molecule has 0 aromatic rings. The van der Waals surface area contributed by atoms with Gasteiger partial charge in [-0.15, -0.1) is 0 Å². The Kier molecular flexibility index (Phi) is 2.73.